The minimum Gasteiger partial charge on any atom is -0.285 e. The van der Waals surface area contributed by atoms with Gasteiger partial charge in [-0.1, -0.05) is 403 Å². The SMILES string of the molecule is C.C.C.C.C.C1CCC1.C1CCC1.C1CCC1.C1CCC1.C1CCC1.C1CCC1.C1CCC1.CC.CC.CC(C)CCCC(C)C1CCC2C3CCC4CC(COO)CCC4(C)C3CCC12C.CCC1C(C)CC(C)C1C.CN1C(=O)CC1=O.CN1C(=O)CC1=O.CN1C(=O)CC1=O.CN1C(=O)CC1=O.Cc1cc(C)cc(C)c1.Cc1ccc(C)cc1.[Y].[Y]. The van der Waals surface area contributed by atoms with Crippen LogP contribution in [0.4, 0.5) is 0 Å². The third-order valence-electron chi connectivity index (χ3n) is 28.6. The fourth-order valence-electron chi connectivity index (χ4n) is 17.6. The zero-order valence-electron chi connectivity index (χ0n) is 80.8. The maximum atomic E-state index is 10.1. The van der Waals surface area contributed by atoms with Crippen LogP contribution >= 0.6 is 0 Å². The van der Waals surface area contributed by atoms with Gasteiger partial charge in [-0.15, -0.1) is 0 Å². The second-order valence-corrected chi connectivity index (χ2v) is 38.1. The molecule has 16 heteroatoms. The molecule has 0 bridgehead atoms. The molecule has 13 unspecified atom stereocenters. The first-order chi connectivity index (χ1) is 55.8. The predicted molar refractivity (Wildman–Crippen MR) is 523 cm³/mol. The largest absolute Gasteiger partial charge is 0.285 e. The third-order valence-corrected chi connectivity index (χ3v) is 28.6. The monoisotopic (exact) mass is 1890 g/mol. The van der Waals surface area contributed by atoms with Gasteiger partial charge in [0, 0.05) is 93.6 Å². The topological polar surface area (TPSA) is 179 Å². The summed E-state index contributed by atoms with van der Waals surface area (Å²) in [5.41, 5.74) is 7.89. The molecule has 2 aromatic rings. The van der Waals surface area contributed by atoms with Gasteiger partial charge in [0.1, 0.15) is 25.7 Å². The van der Waals surface area contributed by atoms with Gasteiger partial charge in [-0.25, -0.2) is 4.89 Å². The fourth-order valence-corrected chi connectivity index (χ4v) is 17.6. The summed E-state index contributed by atoms with van der Waals surface area (Å²) in [7, 11) is 5.92. The van der Waals surface area contributed by atoms with Gasteiger partial charge in [-0.2, -0.15) is 0 Å². The van der Waals surface area contributed by atoms with E-state index in [0.29, 0.717) is 23.4 Å². The van der Waals surface area contributed by atoms with Gasteiger partial charge in [-0.05, 0) is 181 Å². The number of aryl methyl sites for hydroxylation is 5. The van der Waals surface area contributed by atoms with E-state index in [0.717, 1.165) is 84.7 Å². The Morgan fingerprint density at radius 2 is 0.685 bits per heavy atom. The van der Waals surface area contributed by atoms with Crippen molar-refractivity contribution in [2.45, 2.75) is 457 Å². The van der Waals surface area contributed by atoms with Crippen molar-refractivity contribution in [2.75, 3.05) is 34.8 Å². The molecule has 1 N–H and O–H groups in total. The molecule has 13 atom stereocenters. The summed E-state index contributed by atoms with van der Waals surface area (Å²) < 4.78 is 0. The van der Waals surface area contributed by atoms with Crippen molar-refractivity contribution in [3.05, 3.63) is 70.3 Å². The van der Waals surface area contributed by atoms with Crippen molar-refractivity contribution in [3.8, 4) is 0 Å². The molecule has 8 amide bonds. The summed E-state index contributed by atoms with van der Waals surface area (Å²) in [6, 6.07) is 15.0. The summed E-state index contributed by atoms with van der Waals surface area (Å²) in [4.78, 5) is 90.2. The van der Waals surface area contributed by atoms with Crippen LogP contribution in [0.15, 0.2) is 42.5 Å². The number of hydrogen-bond acceptors (Lipinski definition) is 10. The van der Waals surface area contributed by atoms with Gasteiger partial charge in [0.2, 0.25) is 47.3 Å². The second-order valence-electron chi connectivity index (χ2n) is 38.1. The number of β-lactam (4-membered cyclic amide) rings is 8. The van der Waals surface area contributed by atoms with E-state index in [1.54, 1.807) is 0 Å². The van der Waals surface area contributed by atoms with Crippen LogP contribution in [0.3, 0.4) is 0 Å². The van der Waals surface area contributed by atoms with Gasteiger partial charge < -0.3 is 0 Å². The van der Waals surface area contributed by atoms with Gasteiger partial charge in [0.25, 0.3) is 0 Å². The maximum absolute atomic E-state index is 10.1. The van der Waals surface area contributed by atoms with Gasteiger partial charge in [0.15, 0.2) is 0 Å². The van der Waals surface area contributed by atoms with Crippen molar-refractivity contribution in [2.24, 2.45) is 81.8 Å². The number of amides is 8. The van der Waals surface area contributed by atoms with Crippen LogP contribution in [0.5, 0.6) is 0 Å². The average molecular weight is 1890 g/mol. The molecule has 4 saturated heterocycles. The van der Waals surface area contributed by atoms with Gasteiger partial charge in [-0.3, -0.25) is 63.2 Å². The smallest absolute Gasteiger partial charge is 0.238 e. The van der Waals surface area contributed by atoms with E-state index in [2.05, 4.69) is 144 Å². The van der Waals surface area contributed by atoms with Crippen molar-refractivity contribution >= 4 is 47.3 Å². The summed E-state index contributed by atoms with van der Waals surface area (Å²) in [6.45, 7) is 41.4. The minimum absolute atomic E-state index is 0. The first kappa shape index (κ1) is 132. The molecule has 18 rings (SSSR count). The number of benzene rings is 2. The molecule has 16 aliphatic rings. The Bertz CT molecular complexity index is 2720. The van der Waals surface area contributed by atoms with Crippen molar-refractivity contribution in [1.29, 1.82) is 0 Å². The van der Waals surface area contributed by atoms with Crippen molar-refractivity contribution in [1.82, 2.24) is 19.6 Å². The Balaban J connectivity index is -0.000000317. The molecule has 12 aliphatic carbocycles. The Hall–Kier alpha value is -2.87. The van der Waals surface area contributed by atoms with E-state index >= 15 is 0 Å². The quantitative estimate of drug-likeness (QED) is 0.116. The number of nitrogens with zero attached hydrogens (tertiary/aromatic N) is 4. The number of rotatable bonds is 8. The molecular weight excluding hydrogens is 1690 g/mol. The van der Waals surface area contributed by atoms with Crippen LogP contribution in [0, 0.1) is 116 Å². The molecule has 718 valence electrons. The molecular formula is C108H200N4O10Y2. The molecule has 0 aromatic heterocycles. The van der Waals surface area contributed by atoms with E-state index in [1.807, 2.05) is 27.7 Å². The number of fused-ring (bicyclic) bond motifs is 5. The van der Waals surface area contributed by atoms with E-state index in [4.69, 9.17) is 5.26 Å². The van der Waals surface area contributed by atoms with Crippen LogP contribution in [-0.2, 0) is 109 Å². The number of likely N-dealkylation sites (tertiary alicyclic amines) is 4. The summed E-state index contributed by atoms with van der Waals surface area (Å²) in [6.07, 6.45) is 62.4. The molecule has 4 aliphatic heterocycles. The normalized spacial score (nSPS) is 26.5. The average Bonchev–Trinajstić information content (AvgIpc) is 1.46. The Kier molecular flexibility index (Phi) is 79.4. The van der Waals surface area contributed by atoms with Crippen LogP contribution in [0.1, 0.15) is 450 Å². The number of carbonyl (C=O) groups is 8. The molecule has 14 nitrogen and oxygen atoms in total. The van der Waals surface area contributed by atoms with E-state index in [1.165, 1.54) is 326 Å². The molecule has 2 radical (unpaired) electrons. The second kappa shape index (κ2) is 74.6. The molecule has 0 spiro atoms. The number of imide groups is 4. The van der Waals surface area contributed by atoms with E-state index in [9.17, 15) is 38.4 Å². The zero-order valence-corrected chi connectivity index (χ0v) is 86.4. The van der Waals surface area contributed by atoms with E-state index < -0.39 is 0 Å². The van der Waals surface area contributed by atoms with Crippen LogP contribution in [0.2, 0.25) is 0 Å². The van der Waals surface area contributed by atoms with Crippen molar-refractivity contribution < 1.29 is 114 Å². The number of carbonyl (C=O) groups excluding carboxylic acids is 8. The molecule has 4 heterocycles. The summed E-state index contributed by atoms with van der Waals surface area (Å²) in [5.74, 6) is 10.4. The molecule has 2 aromatic carbocycles. The van der Waals surface area contributed by atoms with Gasteiger partial charge in [0.05, 0.1) is 6.61 Å². The third kappa shape index (κ3) is 49.0. The van der Waals surface area contributed by atoms with Gasteiger partial charge >= 0.3 is 0 Å². The van der Waals surface area contributed by atoms with Crippen LogP contribution in [0.25, 0.3) is 0 Å². The van der Waals surface area contributed by atoms with E-state index in [-0.39, 0.29) is 175 Å². The predicted octanol–water partition coefficient (Wildman–Crippen LogP) is 30.1. The molecule has 124 heavy (non-hydrogen) atoms. The Labute approximate surface area is 817 Å². The Morgan fingerprint density at radius 3 is 0.911 bits per heavy atom. The fraction of sp³-hybridized carbons (Fsp3) is 0.815. The first-order valence-electron chi connectivity index (χ1n) is 48.3. The standard InChI is InChI=1S/C28H50O2.C10H20.C9H12.C8H10.4C4H5NO2.7C4H8.2C2H6.5CH4.2Y/c1-19(2)7-6-8-20(3)24-11-12-25-23-10-9-22-17-21(18-30-29)13-15-27(22,4)26(23)14-16-28(24,25)5;1-5-10-8(3)6-7(2)9(10)4;1-7-4-8(2)6-9(3)5-7;1-7-3-5-8(2)6-4-7;4*1-5-3(6)2-4(5)7;7*1-2-4-3-1;2*1-2;;;;;;;/h19-26,29H,6-18H2,1-5H3;7-10H,5-6H2,1-4H3;4-6H,1-3H3;3-6H,1-2H3;4*2H2,1H3;7*1-4H2;2*1-2H3;5*1H4;;. The summed E-state index contributed by atoms with van der Waals surface area (Å²) >= 11 is 0. The minimum atomic E-state index is -0.0787. The molecule has 16 fully saturated rings. The van der Waals surface area contributed by atoms with Crippen molar-refractivity contribution in [3.63, 3.8) is 0 Å². The van der Waals surface area contributed by atoms with Crippen LogP contribution < -0.4 is 0 Å². The van der Waals surface area contributed by atoms with Crippen LogP contribution in [-0.4, -0.2) is 107 Å². The summed E-state index contributed by atoms with van der Waals surface area (Å²) in [5, 5.41) is 8.95. The zero-order chi connectivity index (χ0) is 87.6. The maximum Gasteiger partial charge on any atom is 0.238 e. The first-order valence-corrected chi connectivity index (χ1v) is 48.3. The number of hydrogen-bond donors (Lipinski definition) is 1. The molecule has 12 saturated carbocycles. The Morgan fingerprint density at radius 1 is 0.395 bits per heavy atom.